The standard InChI is InChI=1S/C20H19F2N5O2S2/c1-2-29-17-10-23-8-15(26-17)16-9-25-20(30-16)19(28)24-7-11-5-12(6-14(21)18(11)22)27-31-13-3-4-13/h5-6,8-10,13,27H,2-4,7H2,1H3,(H,24,28). The number of hydrogen-bond acceptors (Lipinski definition) is 8. The van der Waals surface area contributed by atoms with Crippen LogP contribution in [-0.2, 0) is 6.54 Å². The first kappa shape index (κ1) is 21.4. The number of nitrogens with one attached hydrogen (secondary N) is 2. The summed E-state index contributed by atoms with van der Waals surface area (Å²) in [6, 6.07) is 2.61. The van der Waals surface area contributed by atoms with Crippen LogP contribution < -0.4 is 14.8 Å². The minimum Gasteiger partial charge on any atom is -0.477 e. The van der Waals surface area contributed by atoms with Crippen LogP contribution in [0, 0.1) is 11.6 Å². The summed E-state index contributed by atoms with van der Waals surface area (Å²) in [5.41, 5.74) is 1.05. The molecular formula is C20H19F2N5O2S2. The first-order chi connectivity index (χ1) is 15.0. The molecule has 1 amide bonds. The van der Waals surface area contributed by atoms with Gasteiger partial charge in [-0.1, -0.05) is 0 Å². The van der Waals surface area contributed by atoms with Gasteiger partial charge in [-0.15, -0.1) is 11.3 Å². The molecule has 4 rings (SSSR count). The Morgan fingerprint density at radius 2 is 2.13 bits per heavy atom. The zero-order valence-electron chi connectivity index (χ0n) is 16.5. The van der Waals surface area contributed by atoms with E-state index >= 15 is 0 Å². The van der Waals surface area contributed by atoms with Crippen LogP contribution in [0.3, 0.4) is 0 Å². The van der Waals surface area contributed by atoms with Crippen LogP contribution >= 0.6 is 23.3 Å². The topological polar surface area (TPSA) is 89.0 Å². The van der Waals surface area contributed by atoms with Crippen molar-refractivity contribution in [3.8, 4) is 16.5 Å². The molecule has 3 aromatic rings. The van der Waals surface area contributed by atoms with E-state index in [1.54, 1.807) is 6.20 Å². The maximum atomic E-state index is 14.2. The van der Waals surface area contributed by atoms with E-state index in [-0.39, 0.29) is 17.1 Å². The van der Waals surface area contributed by atoms with Crippen molar-refractivity contribution in [1.29, 1.82) is 0 Å². The minimum atomic E-state index is -0.981. The highest BCUT2D eigenvalue weighted by atomic mass is 32.2. The average Bonchev–Trinajstić information content (AvgIpc) is 3.47. The number of anilines is 1. The molecule has 162 valence electrons. The van der Waals surface area contributed by atoms with Gasteiger partial charge in [0.1, 0.15) is 5.69 Å². The number of rotatable bonds is 9. The number of benzene rings is 1. The second-order valence-corrected chi connectivity index (χ2v) is 8.88. The van der Waals surface area contributed by atoms with Gasteiger partial charge < -0.3 is 14.8 Å². The second kappa shape index (κ2) is 9.56. The quantitative estimate of drug-likeness (QED) is 0.454. The van der Waals surface area contributed by atoms with E-state index in [1.165, 1.54) is 30.4 Å². The first-order valence-electron chi connectivity index (χ1n) is 9.62. The summed E-state index contributed by atoms with van der Waals surface area (Å²) in [5.74, 6) is -2.05. The van der Waals surface area contributed by atoms with E-state index in [4.69, 9.17) is 4.74 Å². The molecule has 7 nitrogen and oxygen atoms in total. The summed E-state index contributed by atoms with van der Waals surface area (Å²) in [7, 11) is 0. The Morgan fingerprint density at radius 3 is 2.90 bits per heavy atom. The van der Waals surface area contributed by atoms with Crippen LogP contribution in [0.4, 0.5) is 14.5 Å². The molecule has 0 radical (unpaired) electrons. The smallest absolute Gasteiger partial charge is 0.280 e. The normalized spacial score (nSPS) is 13.1. The van der Waals surface area contributed by atoms with Crippen molar-refractivity contribution in [3.63, 3.8) is 0 Å². The van der Waals surface area contributed by atoms with Crippen molar-refractivity contribution in [3.05, 3.63) is 52.9 Å². The van der Waals surface area contributed by atoms with Gasteiger partial charge in [0, 0.05) is 35.3 Å². The Hall–Kier alpha value is -2.79. The van der Waals surface area contributed by atoms with Gasteiger partial charge in [0.2, 0.25) is 5.88 Å². The number of ether oxygens (including phenoxy) is 1. The third kappa shape index (κ3) is 5.47. The molecule has 1 aliphatic rings. The molecule has 1 saturated carbocycles. The van der Waals surface area contributed by atoms with E-state index < -0.39 is 17.5 Å². The summed E-state index contributed by atoms with van der Waals surface area (Å²) >= 11 is 2.61. The van der Waals surface area contributed by atoms with E-state index in [0.29, 0.717) is 34.0 Å². The fourth-order valence-corrected chi connectivity index (χ4v) is 4.18. The molecule has 0 spiro atoms. The first-order valence-corrected chi connectivity index (χ1v) is 11.3. The number of carbonyl (C=O) groups is 1. The highest BCUT2D eigenvalue weighted by molar-refractivity contribution is 8.01. The number of aromatic nitrogens is 3. The Balaban J connectivity index is 1.41. The van der Waals surface area contributed by atoms with Gasteiger partial charge in [-0.25, -0.2) is 18.7 Å². The van der Waals surface area contributed by atoms with E-state index in [9.17, 15) is 13.6 Å². The SMILES string of the molecule is CCOc1cncc(-c2cnc(C(=O)NCc3cc(NSC4CC4)cc(F)c3F)s2)n1. The third-order valence-electron chi connectivity index (χ3n) is 4.27. The molecule has 31 heavy (non-hydrogen) atoms. The monoisotopic (exact) mass is 463 g/mol. The lowest BCUT2D eigenvalue weighted by Gasteiger charge is -2.10. The van der Waals surface area contributed by atoms with Gasteiger partial charge in [-0.05, 0) is 37.8 Å². The van der Waals surface area contributed by atoms with Gasteiger partial charge >= 0.3 is 0 Å². The lowest BCUT2D eigenvalue weighted by molar-refractivity contribution is 0.0950. The van der Waals surface area contributed by atoms with Crippen molar-refractivity contribution in [2.75, 3.05) is 11.3 Å². The zero-order valence-corrected chi connectivity index (χ0v) is 18.2. The van der Waals surface area contributed by atoms with Crippen LogP contribution in [0.15, 0.2) is 30.7 Å². The predicted molar refractivity (Wildman–Crippen MR) is 116 cm³/mol. The molecule has 1 aromatic carbocycles. The molecule has 1 fully saturated rings. The van der Waals surface area contributed by atoms with Crippen LogP contribution in [0.1, 0.15) is 35.1 Å². The summed E-state index contributed by atoms with van der Waals surface area (Å²) < 4.78 is 36.5. The number of hydrogen-bond donors (Lipinski definition) is 2. The maximum absolute atomic E-state index is 14.2. The van der Waals surface area contributed by atoms with Crippen molar-refractivity contribution in [2.24, 2.45) is 0 Å². The van der Waals surface area contributed by atoms with Gasteiger partial charge in [0.05, 0.1) is 23.9 Å². The summed E-state index contributed by atoms with van der Waals surface area (Å²) in [6.07, 6.45) is 6.79. The van der Waals surface area contributed by atoms with E-state index in [2.05, 4.69) is 25.0 Å². The van der Waals surface area contributed by atoms with E-state index in [0.717, 1.165) is 30.2 Å². The Morgan fingerprint density at radius 1 is 1.29 bits per heavy atom. The molecule has 0 unspecified atom stereocenters. The number of carbonyl (C=O) groups excluding carboxylic acids is 1. The molecule has 0 aliphatic heterocycles. The Labute approximate surface area is 185 Å². The lowest BCUT2D eigenvalue weighted by atomic mass is 10.2. The van der Waals surface area contributed by atoms with Crippen LogP contribution in [0.2, 0.25) is 0 Å². The number of amides is 1. The number of thiazole rings is 1. The maximum Gasteiger partial charge on any atom is 0.280 e. The molecule has 11 heteroatoms. The highest BCUT2D eigenvalue weighted by Gasteiger charge is 2.22. The largest absolute Gasteiger partial charge is 0.477 e. The van der Waals surface area contributed by atoms with Gasteiger partial charge in [0.25, 0.3) is 5.91 Å². The van der Waals surface area contributed by atoms with Gasteiger partial charge in [0.15, 0.2) is 16.6 Å². The summed E-state index contributed by atoms with van der Waals surface area (Å²) in [5, 5.41) is 3.28. The van der Waals surface area contributed by atoms with Crippen molar-refractivity contribution in [1.82, 2.24) is 20.3 Å². The fourth-order valence-electron chi connectivity index (χ4n) is 2.60. The molecule has 0 bridgehead atoms. The van der Waals surface area contributed by atoms with Crippen LogP contribution in [-0.4, -0.2) is 32.7 Å². The molecule has 1 aliphatic carbocycles. The van der Waals surface area contributed by atoms with Gasteiger partial charge in [-0.3, -0.25) is 9.78 Å². The van der Waals surface area contributed by atoms with E-state index in [1.807, 2.05) is 6.92 Å². The van der Waals surface area contributed by atoms with Gasteiger partial charge in [-0.2, -0.15) is 0 Å². The molecule has 2 N–H and O–H groups in total. The molecular weight excluding hydrogens is 444 g/mol. The minimum absolute atomic E-state index is 0.0549. The van der Waals surface area contributed by atoms with Crippen molar-refractivity contribution < 1.29 is 18.3 Å². The molecule has 2 heterocycles. The van der Waals surface area contributed by atoms with Crippen LogP contribution in [0.5, 0.6) is 5.88 Å². The zero-order chi connectivity index (χ0) is 21.8. The third-order valence-corrected chi connectivity index (χ3v) is 6.44. The fraction of sp³-hybridized carbons (Fsp3) is 0.300. The lowest BCUT2D eigenvalue weighted by Crippen LogP contribution is -2.23. The van der Waals surface area contributed by atoms with Crippen molar-refractivity contribution >= 4 is 34.9 Å². The molecule has 2 aromatic heterocycles. The number of nitrogens with zero attached hydrogens (tertiary/aromatic N) is 3. The summed E-state index contributed by atoms with van der Waals surface area (Å²) in [6.45, 7) is 2.14. The summed E-state index contributed by atoms with van der Waals surface area (Å²) in [4.78, 5) is 25.6. The molecule has 0 atom stereocenters. The van der Waals surface area contributed by atoms with Crippen LogP contribution in [0.25, 0.3) is 10.6 Å². The average molecular weight is 464 g/mol. The molecule has 0 saturated heterocycles. The Kier molecular flexibility index (Phi) is 6.62. The predicted octanol–water partition coefficient (Wildman–Crippen LogP) is 4.43. The van der Waals surface area contributed by atoms with Crippen molar-refractivity contribution in [2.45, 2.75) is 31.6 Å². The Bertz CT molecular complexity index is 1090. The second-order valence-electron chi connectivity index (χ2n) is 6.74. The number of halogens is 2. The highest BCUT2D eigenvalue weighted by Crippen LogP contribution is 2.35.